The molecule has 4 rings (SSSR count). The molecule has 0 radical (unpaired) electrons. The third-order valence-electron chi connectivity index (χ3n) is 6.18. The van der Waals surface area contributed by atoms with Crippen LogP contribution in [0.1, 0.15) is 57.9 Å². The Balaban J connectivity index is 1.47. The fourth-order valence-electron chi connectivity index (χ4n) is 4.33. The fraction of sp³-hybridized carbons (Fsp3) is 0.375. The van der Waals surface area contributed by atoms with Gasteiger partial charge in [-0.2, -0.15) is 0 Å². The van der Waals surface area contributed by atoms with Crippen molar-refractivity contribution in [1.29, 1.82) is 0 Å². The quantitative estimate of drug-likeness (QED) is 0.813. The molecule has 0 aliphatic carbocycles. The van der Waals surface area contributed by atoms with Crippen LogP contribution in [0.3, 0.4) is 0 Å². The molecule has 0 unspecified atom stereocenters. The first-order valence-corrected chi connectivity index (χ1v) is 10.2. The maximum atomic E-state index is 13.2. The number of hydrogen-bond donors (Lipinski definition) is 1. The number of imide groups is 1. The van der Waals surface area contributed by atoms with Gasteiger partial charge in [0.05, 0.1) is 12.0 Å². The Hall–Kier alpha value is -2.95. The van der Waals surface area contributed by atoms with Crippen LogP contribution in [0.15, 0.2) is 42.5 Å². The first-order valence-electron chi connectivity index (χ1n) is 10.2. The summed E-state index contributed by atoms with van der Waals surface area (Å²) in [6.45, 7) is 4.97. The van der Waals surface area contributed by atoms with Crippen molar-refractivity contribution in [2.24, 2.45) is 5.92 Å². The third kappa shape index (κ3) is 3.95. The largest absolute Gasteiger partial charge is 0.332 e. The molecule has 2 aliphatic rings. The molecule has 2 saturated heterocycles. The first-order chi connectivity index (χ1) is 13.9. The Morgan fingerprint density at radius 3 is 2.48 bits per heavy atom. The molecule has 2 fully saturated rings. The highest BCUT2D eigenvalue weighted by Crippen LogP contribution is 2.34. The molecular weight excluding hydrogens is 364 g/mol. The van der Waals surface area contributed by atoms with E-state index in [1.165, 1.54) is 16.7 Å². The predicted molar refractivity (Wildman–Crippen MR) is 110 cm³/mol. The Bertz CT molecular complexity index is 965. The summed E-state index contributed by atoms with van der Waals surface area (Å²) in [4.78, 5) is 38.2. The van der Waals surface area contributed by atoms with Gasteiger partial charge in [-0.25, -0.2) is 0 Å². The Kier molecular flexibility index (Phi) is 5.22. The summed E-state index contributed by atoms with van der Waals surface area (Å²) in [7, 11) is 0. The Morgan fingerprint density at radius 2 is 1.83 bits per heavy atom. The molecule has 150 valence electrons. The molecule has 2 heterocycles. The maximum absolute atomic E-state index is 13.2. The molecular formula is C24H26N2O3. The highest BCUT2D eigenvalue weighted by atomic mass is 16.2. The molecule has 0 bridgehead atoms. The Morgan fingerprint density at radius 1 is 1.07 bits per heavy atom. The van der Waals surface area contributed by atoms with Gasteiger partial charge in [-0.15, -0.1) is 0 Å². The van der Waals surface area contributed by atoms with E-state index in [0.29, 0.717) is 12.0 Å². The zero-order chi connectivity index (χ0) is 20.5. The van der Waals surface area contributed by atoms with E-state index in [-0.39, 0.29) is 36.1 Å². The van der Waals surface area contributed by atoms with Crippen LogP contribution in [-0.4, -0.2) is 29.2 Å². The lowest BCUT2D eigenvalue weighted by molar-refractivity contribution is -0.125. The molecule has 2 atom stereocenters. The van der Waals surface area contributed by atoms with Crippen molar-refractivity contribution in [3.05, 3.63) is 70.3 Å². The molecule has 0 spiro atoms. The van der Waals surface area contributed by atoms with E-state index < -0.39 is 0 Å². The van der Waals surface area contributed by atoms with E-state index in [1.807, 2.05) is 29.2 Å². The molecule has 3 amide bonds. The zero-order valence-electron chi connectivity index (χ0n) is 16.9. The van der Waals surface area contributed by atoms with Crippen molar-refractivity contribution in [1.82, 2.24) is 10.2 Å². The molecule has 2 aliphatic heterocycles. The number of benzene rings is 2. The van der Waals surface area contributed by atoms with E-state index in [0.717, 1.165) is 24.9 Å². The monoisotopic (exact) mass is 390 g/mol. The van der Waals surface area contributed by atoms with Crippen LogP contribution < -0.4 is 5.32 Å². The maximum Gasteiger partial charge on any atom is 0.254 e. The highest BCUT2D eigenvalue weighted by Gasteiger charge is 2.32. The first kappa shape index (κ1) is 19.4. The number of carbonyl (C=O) groups is 3. The SMILES string of the molecule is Cc1ccc([C@H]2CCCN2C(=O)c2ccc(C[C@@H]3CC(=O)NC3=O)cc2)cc1C. The lowest BCUT2D eigenvalue weighted by atomic mass is 9.96. The average molecular weight is 390 g/mol. The van der Waals surface area contributed by atoms with Gasteiger partial charge in [0.15, 0.2) is 0 Å². The molecule has 29 heavy (non-hydrogen) atoms. The van der Waals surface area contributed by atoms with Crippen LogP contribution in [0, 0.1) is 19.8 Å². The number of carbonyl (C=O) groups excluding carboxylic acids is 3. The molecule has 2 aromatic rings. The van der Waals surface area contributed by atoms with E-state index >= 15 is 0 Å². The van der Waals surface area contributed by atoms with Gasteiger partial charge in [-0.05, 0) is 67.5 Å². The third-order valence-corrected chi connectivity index (χ3v) is 6.18. The molecule has 0 aromatic heterocycles. The number of hydrogen-bond acceptors (Lipinski definition) is 3. The van der Waals surface area contributed by atoms with E-state index in [1.54, 1.807) is 0 Å². The second-order valence-electron chi connectivity index (χ2n) is 8.21. The molecule has 0 saturated carbocycles. The van der Waals surface area contributed by atoms with Gasteiger partial charge in [0.25, 0.3) is 5.91 Å². The summed E-state index contributed by atoms with van der Waals surface area (Å²) >= 11 is 0. The molecule has 1 N–H and O–H groups in total. The molecule has 5 heteroatoms. The molecule has 2 aromatic carbocycles. The minimum absolute atomic E-state index is 0.0473. The van der Waals surface area contributed by atoms with Crippen molar-refractivity contribution in [2.75, 3.05) is 6.54 Å². The van der Waals surface area contributed by atoms with E-state index in [9.17, 15) is 14.4 Å². The summed E-state index contributed by atoms with van der Waals surface area (Å²) < 4.78 is 0. The smallest absolute Gasteiger partial charge is 0.254 e. The van der Waals surface area contributed by atoms with Crippen LogP contribution in [0.5, 0.6) is 0 Å². The van der Waals surface area contributed by atoms with E-state index in [4.69, 9.17) is 0 Å². The van der Waals surface area contributed by atoms with Crippen molar-refractivity contribution in [3.63, 3.8) is 0 Å². The number of nitrogens with zero attached hydrogens (tertiary/aromatic N) is 1. The summed E-state index contributed by atoms with van der Waals surface area (Å²) in [6.07, 6.45) is 2.75. The second kappa shape index (κ2) is 7.82. The van der Waals surface area contributed by atoms with Crippen molar-refractivity contribution < 1.29 is 14.4 Å². The van der Waals surface area contributed by atoms with Crippen LogP contribution >= 0.6 is 0 Å². The van der Waals surface area contributed by atoms with Gasteiger partial charge in [-0.1, -0.05) is 30.3 Å². The topological polar surface area (TPSA) is 66.5 Å². The summed E-state index contributed by atoms with van der Waals surface area (Å²) in [5.41, 5.74) is 5.34. The lowest BCUT2D eigenvalue weighted by Gasteiger charge is -2.26. The zero-order valence-corrected chi connectivity index (χ0v) is 16.9. The van der Waals surface area contributed by atoms with Gasteiger partial charge in [0.1, 0.15) is 0 Å². The predicted octanol–water partition coefficient (Wildman–Crippen LogP) is 3.49. The average Bonchev–Trinajstić information content (AvgIpc) is 3.30. The number of nitrogens with one attached hydrogen (secondary N) is 1. The lowest BCUT2D eigenvalue weighted by Crippen LogP contribution is -2.30. The summed E-state index contributed by atoms with van der Waals surface area (Å²) in [5, 5.41) is 2.34. The van der Waals surface area contributed by atoms with Gasteiger partial charge < -0.3 is 4.90 Å². The van der Waals surface area contributed by atoms with Gasteiger partial charge in [0.2, 0.25) is 11.8 Å². The molecule has 5 nitrogen and oxygen atoms in total. The van der Waals surface area contributed by atoms with Crippen LogP contribution in [0.4, 0.5) is 0 Å². The fourth-order valence-corrected chi connectivity index (χ4v) is 4.33. The number of likely N-dealkylation sites (tertiary alicyclic amines) is 1. The van der Waals surface area contributed by atoms with Crippen molar-refractivity contribution in [2.45, 2.75) is 45.6 Å². The second-order valence-corrected chi connectivity index (χ2v) is 8.21. The van der Waals surface area contributed by atoms with Crippen LogP contribution in [-0.2, 0) is 16.0 Å². The number of aryl methyl sites for hydroxylation is 2. The Labute approximate surface area is 171 Å². The number of rotatable bonds is 4. The standard InChI is InChI=1S/C24H26N2O3/c1-15-5-8-19(12-16(15)2)21-4-3-11-26(21)24(29)18-9-6-17(7-10-18)13-20-14-22(27)25-23(20)28/h5-10,12,20-21H,3-4,11,13-14H2,1-2H3,(H,25,27,28)/t20-,21-/m1/s1. The van der Waals surface area contributed by atoms with E-state index in [2.05, 4.69) is 37.4 Å². The van der Waals surface area contributed by atoms with Gasteiger partial charge in [-0.3, -0.25) is 19.7 Å². The minimum atomic E-state index is -0.309. The normalized spacial score (nSPS) is 21.5. The van der Waals surface area contributed by atoms with Crippen LogP contribution in [0.25, 0.3) is 0 Å². The van der Waals surface area contributed by atoms with Crippen molar-refractivity contribution in [3.8, 4) is 0 Å². The van der Waals surface area contributed by atoms with Gasteiger partial charge in [0, 0.05) is 18.5 Å². The highest BCUT2D eigenvalue weighted by molar-refractivity contribution is 6.03. The van der Waals surface area contributed by atoms with Gasteiger partial charge >= 0.3 is 0 Å². The minimum Gasteiger partial charge on any atom is -0.332 e. The van der Waals surface area contributed by atoms with Crippen LogP contribution in [0.2, 0.25) is 0 Å². The summed E-state index contributed by atoms with van der Waals surface area (Å²) in [5.74, 6) is -0.676. The van der Waals surface area contributed by atoms with Crippen molar-refractivity contribution >= 4 is 17.7 Å². The number of amides is 3. The summed E-state index contributed by atoms with van der Waals surface area (Å²) in [6, 6.07) is 14.0.